The van der Waals surface area contributed by atoms with E-state index in [2.05, 4.69) is 26.3 Å². The maximum atomic E-state index is 12.7. The lowest BCUT2D eigenvalue weighted by Gasteiger charge is -2.13. The molecule has 2 heterocycles. The molecule has 1 aromatic heterocycles. The van der Waals surface area contributed by atoms with Gasteiger partial charge in [0.1, 0.15) is 17.5 Å². The van der Waals surface area contributed by atoms with Crippen molar-refractivity contribution in [1.82, 2.24) is 10.4 Å². The summed E-state index contributed by atoms with van der Waals surface area (Å²) in [6.07, 6.45) is 2.59. The normalized spacial score (nSPS) is 14.6. The molecule has 0 unspecified atom stereocenters. The highest BCUT2D eigenvalue weighted by Crippen LogP contribution is 2.31. The molecule has 9 nitrogen and oxygen atoms in total. The second-order valence-electron chi connectivity index (χ2n) is 6.38. The summed E-state index contributed by atoms with van der Waals surface area (Å²) in [5.41, 5.74) is 3.57. The van der Waals surface area contributed by atoms with Gasteiger partial charge >= 0.3 is 0 Å². The first-order valence-corrected chi connectivity index (χ1v) is 9.72. The number of nitro groups is 1. The van der Waals surface area contributed by atoms with Gasteiger partial charge in [-0.2, -0.15) is 0 Å². The Morgan fingerprint density at radius 3 is 2.52 bits per heavy atom. The first-order valence-electron chi connectivity index (χ1n) is 8.92. The molecule has 4 rings (SSSR count). The number of aromatic nitrogens is 1. The lowest BCUT2D eigenvalue weighted by molar-refractivity contribution is -0.385. The fourth-order valence-electron chi connectivity index (χ4n) is 2.83. The number of nitrogens with one attached hydrogen (secondary N) is 1. The van der Waals surface area contributed by atoms with E-state index < -0.39 is 16.7 Å². The van der Waals surface area contributed by atoms with Crippen molar-refractivity contribution >= 4 is 45.2 Å². The highest BCUT2D eigenvalue weighted by atomic mass is 79.9. The minimum absolute atomic E-state index is 0.00135. The van der Waals surface area contributed by atoms with Crippen LogP contribution in [0, 0.1) is 10.1 Å². The number of pyridine rings is 1. The Bertz CT molecular complexity index is 1210. The van der Waals surface area contributed by atoms with Crippen LogP contribution in [0.4, 0.5) is 11.4 Å². The maximum absolute atomic E-state index is 12.7. The smallest absolute Gasteiger partial charge is 0.287 e. The Morgan fingerprint density at radius 2 is 1.87 bits per heavy atom. The summed E-state index contributed by atoms with van der Waals surface area (Å²) in [5, 5.41) is 11.9. The number of rotatable bonds is 5. The molecule has 1 N–H and O–H groups in total. The minimum atomic E-state index is -0.547. The number of anilines is 1. The van der Waals surface area contributed by atoms with Crippen molar-refractivity contribution in [3.63, 3.8) is 0 Å². The fraction of sp³-hybridized carbons (Fsp3) is 0. The van der Waals surface area contributed by atoms with Crippen LogP contribution in [-0.4, -0.2) is 21.7 Å². The van der Waals surface area contributed by atoms with E-state index in [-0.39, 0.29) is 17.1 Å². The van der Waals surface area contributed by atoms with Gasteiger partial charge in [0.15, 0.2) is 0 Å². The van der Waals surface area contributed by atoms with Crippen LogP contribution in [0.15, 0.2) is 76.9 Å². The molecule has 1 aliphatic heterocycles. The van der Waals surface area contributed by atoms with Crippen LogP contribution in [-0.2, 0) is 9.59 Å². The van der Waals surface area contributed by atoms with Crippen LogP contribution in [0.25, 0.3) is 6.08 Å². The number of ether oxygens (including phenoxy) is 1. The number of carbonyl (C=O) groups is 2. The van der Waals surface area contributed by atoms with E-state index in [4.69, 9.17) is 4.74 Å². The monoisotopic (exact) mass is 480 g/mol. The van der Waals surface area contributed by atoms with Crippen LogP contribution < -0.4 is 15.2 Å². The number of hydrogen-bond donors (Lipinski definition) is 1. The molecule has 10 heteroatoms. The number of amides is 2. The largest absolute Gasteiger partial charge is 0.438 e. The zero-order chi connectivity index (χ0) is 22.0. The highest BCUT2D eigenvalue weighted by molar-refractivity contribution is 9.10. The summed E-state index contributed by atoms with van der Waals surface area (Å²) in [6, 6.07) is 16.5. The lowest BCUT2D eigenvalue weighted by Crippen LogP contribution is -2.35. The predicted molar refractivity (Wildman–Crippen MR) is 115 cm³/mol. The van der Waals surface area contributed by atoms with E-state index in [0.717, 1.165) is 6.20 Å². The summed E-state index contributed by atoms with van der Waals surface area (Å²) in [4.78, 5) is 39.0. The summed E-state index contributed by atoms with van der Waals surface area (Å²) in [6.45, 7) is 0. The molecule has 1 fully saturated rings. The van der Waals surface area contributed by atoms with Crippen molar-refractivity contribution in [2.45, 2.75) is 0 Å². The number of para-hydroxylation sites is 1. The van der Waals surface area contributed by atoms with E-state index >= 15 is 0 Å². The zero-order valence-electron chi connectivity index (χ0n) is 15.7. The van der Waals surface area contributed by atoms with Crippen LogP contribution >= 0.6 is 15.9 Å². The van der Waals surface area contributed by atoms with Crippen molar-refractivity contribution in [2.75, 3.05) is 5.01 Å². The van der Waals surface area contributed by atoms with Gasteiger partial charge < -0.3 is 4.74 Å². The van der Waals surface area contributed by atoms with Gasteiger partial charge in [0.25, 0.3) is 17.5 Å². The Morgan fingerprint density at radius 1 is 1.10 bits per heavy atom. The Hall–Kier alpha value is -4.05. The molecule has 0 spiro atoms. The Balaban J connectivity index is 1.54. The molecule has 0 saturated carbocycles. The molecule has 1 saturated heterocycles. The lowest BCUT2D eigenvalue weighted by atomic mass is 10.1. The van der Waals surface area contributed by atoms with E-state index in [1.165, 1.54) is 23.2 Å². The van der Waals surface area contributed by atoms with Gasteiger partial charge in [0.05, 0.1) is 15.1 Å². The molecule has 31 heavy (non-hydrogen) atoms. The van der Waals surface area contributed by atoms with Crippen LogP contribution in [0.3, 0.4) is 0 Å². The fourth-order valence-corrected chi connectivity index (χ4v) is 3.30. The molecule has 3 aromatic rings. The van der Waals surface area contributed by atoms with Crippen LogP contribution in [0.5, 0.6) is 11.6 Å². The molecule has 154 valence electrons. The van der Waals surface area contributed by atoms with E-state index in [9.17, 15) is 19.7 Å². The standard InChI is InChI=1S/C21H13BrN4O5/c22-17-11-13(6-8-18(17)31-19-9-7-15(12-23-19)26(29)30)10-16-20(27)24-25(21(16)28)14-4-2-1-3-5-14/h1-12H,(H,24,27)/b16-10-. The van der Waals surface area contributed by atoms with E-state index in [1.54, 1.807) is 42.5 Å². The van der Waals surface area contributed by atoms with Crippen molar-refractivity contribution in [2.24, 2.45) is 0 Å². The first-order chi connectivity index (χ1) is 14.9. The SMILES string of the molecule is O=C1NN(c2ccccc2)C(=O)/C1=C\c1ccc(Oc2ccc([N+](=O)[O-])cn2)c(Br)c1. The third-order valence-corrected chi connectivity index (χ3v) is 4.94. The summed E-state index contributed by atoms with van der Waals surface area (Å²) >= 11 is 3.38. The van der Waals surface area contributed by atoms with E-state index in [1.807, 2.05) is 6.07 Å². The van der Waals surface area contributed by atoms with Gasteiger partial charge in [-0.25, -0.2) is 9.99 Å². The highest BCUT2D eigenvalue weighted by Gasteiger charge is 2.34. The number of hydrazine groups is 1. The molecular formula is C21H13BrN4O5. The molecule has 0 bridgehead atoms. The van der Waals surface area contributed by atoms with Crippen LogP contribution in [0.1, 0.15) is 5.56 Å². The third-order valence-electron chi connectivity index (χ3n) is 4.32. The number of carbonyl (C=O) groups excluding carboxylic acids is 2. The van der Waals surface area contributed by atoms with Crippen LogP contribution in [0.2, 0.25) is 0 Å². The number of benzene rings is 2. The van der Waals surface area contributed by atoms with Gasteiger partial charge in [0, 0.05) is 12.1 Å². The quantitative estimate of drug-likeness (QED) is 0.255. The number of hydrogen-bond acceptors (Lipinski definition) is 6. The Kier molecular flexibility index (Phi) is 5.46. The summed E-state index contributed by atoms with van der Waals surface area (Å²) in [7, 11) is 0. The molecule has 2 aromatic carbocycles. The molecule has 2 amide bonds. The van der Waals surface area contributed by atoms with Gasteiger partial charge in [-0.05, 0) is 51.8 Å². The van der Waals surface area contributed by atoms with Gasteiger partial charge in [0.2, 0.25) is 5.88 Å². The molecule has 0 radical (unpaired) electrons. The third kappa shape index (κ3) is 4.28. The van der Waals surface area contributed by atoms with Gasteiger partial charge in [-0.15, -0.1) is 0 Å². The number of halogens is 1. The Labute approximate surface area is 184 Å². The van der Waals surface area contributed by atoms with Crippen molar-refractivity contribution in [3.8, 4) is 11.6 Å². The van der Waals surface area contributed by atoms with E-state index in [0.29, 0.717) is 21.5 Å². The first kappa shape index (κ1) is 20.2. The topological polar surface area (TPSA) is 115 Å². The summed E-state index contributed by atoms with van der Waals surface area (Å²) in [5.74, 6) is -0.360. The summed E-state index contributed by atoms with van der Waals surface area (Å²) < 4.78 is 6.18. The average Bonchev–Trinajstić information content (AvgIpc) is 3.05. The minimum Gasteiger partial charge on any atom is -0.438 e. The van der Waals surface area contributed by atoms with Crippen molar-refractivity contribution in [1.29, 1.82) is 0 Å². The predicted octanol–water partition coefficient (Wildman–Crippen LogP) is 4.01. The van der Waals surface area contributed by atoms with Crippen molar-refractivity contribution in [3.05, 3.63) is 92.6 Å². The average molecular weight is 481 g/mol. The molecule has 0 atom stereocenters. The van der Waals surface area contributed by atoms with Gasteiger partial charge in [-0.3, -0.25) is 25.1 Å². The maximum Gasteiger partial charge on any atom is 0.287 e. The second-order valence-corrected chi connectivity index (χ2v) is 7.23. The molecule has 0 aliphatic carbocycles. The molecular weight excluding hydrogens is 468 g/mol. The van der Waals surface area contributed by atoms with Crippen molar-refractivity contribution < 1.29 is 19.2 Å². The number of nitrogens with zero attached hydrogens (tertiary/aromatic N) is 3. The zero-order valence-corrected chi connectivity index (χ0v) is 17.3. The molecule has 1 aliphatic rings. The second kappa shape index (κ2) is 8.36. The van der Waals surface area contributed by atoms with Gasteiger partial charge in [-0.1, -0.05) is 24.3 Å².